The third kappa shape index (κ3) is 3.62. The Bertz CT molecular complexity index is 664. The minimum absolute atomic E-state index is 0.0327. The van der Waals surface area contributed by atoms with E-state index in [4.69, 9.17) is 0 Å². The fourth-order valence-corrected chi connectivity index (χ4v) is 9.35. The molecule has 0 aliphatic heterocycles. The van der Waals surface area contributed by atoms with Crippen molar-refractivity contribution < 1.29 is 0 Å². The second-order valence-corrected chi connectivity index (χ2v) is 12.0. The van der Waals surface area contributed by atoms with E-state index >= 15 is 0 Å². The topological polar surface area (TPSA) is 0 Å². The Balaban J connectivity index is 1.65. The van der Waals surface area contributed by atoms with Crippen LogP contribution in [-0.4, -0.2) is 35.9 Å². The van der Waals surface area contributed by atoms with Gasteiger partial charge in [0.25, 0.3) is 0 Å². The molecule has 3 rings (SSSR count). The van der Waals surface area contributed by atoms with E-state index in [0.717, 1.165) is 0 Å². The van der Waals surface area contributed by atoms with Gasteiger partial charge >= 0.3 is 131 Å². The average molecular weight is 425 g/mol. The Morgan fingerprint density at radius 2 is 1.47 bits per heavy atom. The van der Waals surface area contributed by atoms with Crippen molar-refractivity contribution in [3.8, 4) is 0 Å². The number of rotatable bonds is 4. The number of hydrogen-bond acceptors (Lipinski definition) is 0. The molecular formula is C17H14SeTe. The van der Waals surface area contributed by atoms with Crippen LogP contribution in [0.5, 0.6) is 0 Å². The molecule has 0 saturated heterocycles. The van der Waals surface area contributed by atoms with Gasteiger partial charge in [-0.05, 0) is 0 Å². The summed E-state index contributed by atoms with van der Waals surface area (Å²) in [4.78, 5) is 0. The summed E-state index contributed by atoms with van der Waals surface area (Å²) in [6.45, 7) is 0. The molecule has 3 aromatic rings. The Labute approximate surface area is 130 Å². The summed E-state index contributed by atoms with van der Waals surface area (Å²) in [6.07, 6.45) is 0. The van der Waals surface area contributed by atoms with Crippen molar-refractivity contribution in [2.24, 2.45) is 0 Å². The van der Waals surface area contributed by atoms with Crippen LogP contribution < -0.4 is 8.07 Å². The molecule has 19 heavy (non-hydrogen) atoms. The van der Waals surface area contributed by atoms with Crippen molar-refractivity contribution in [3.63, 3.8) is 0 Å². The predicted molar refractivity (Wildman–Crippen MR) is 86.0 cm³/mol. The Hall–Kier alpha value is -0.771. The fourth-order valence-electron chi connectivity index (χ4n) is 1.94. The molecule has 94 valence electrons. The molecule has 0 unspecified atom stereocenters. The van der Waals surface area contributed by atoms with Crippen LogP contribution in [0.1, 0.15) is 0 Å². The molecule has 0 atom stereocenters. The van der Waals surface area contributed by atoms with Gasteiger partial charge in [0.05, 0.1) is 0 Å². The van der Waals surface area contributed by atoms with E-state index < -0.39 is 0 Å². The van der Waals surface area contributed by atoms with Crippen LogP contribution in [0.15, 0.2) is 72.8 Å². The summed E-state index contributed by atoms with van der Waals surface area (Å²) >= 11 is 0.615. The Morgan fingerprint density at radius 1 is 0.737 bits per heavy atom. The van der Waals surface area contributed by atoms with Crippen LogP contribution in [0.2, 0.25) is 3.37 Å². The first-order valence-corrected chi connectivity index (χ1v) is 11.1. The third-order valence-electron chi connectivity index (χ3n) is 2.92. The minimum atomic E-state index is -0.0327. The second-order valence-electron chi connectivity index (χ2n) is 4.23. The maximum atomic E-state index is 2.39. The molecule has 0 saturated carbocycles. The van der Waals surface area contributed by atoms with Gasteiger partial charge in [-0.2, -0.15) is 0 Å². The van der Waals surface area contributed by atoms with Gasteiger partial charge in [-0.15, -0.1) is 0 Å². The number of hydrogen-bond donors (Lipinski definition) is 0. The molecule has 0 spiro atoms. The molecule has 0 nitrogen and oxygen atoms in total. The summed E-state index contributed by atoms with van der Waals surface area (Å²) in [5, 5.41) is 2.74. The normalized spacial score (nSPS) is 10.7. The van der Waals surface area contributed by atoms with Crippen LogP contribution in [0.4, 0.5) is 0 Å². The number of benzene rings is 3. The molecule has 0 fully saturated rings. The molecule has 0 radical (unpaired) electrons. The molecule has 0 aliphatic rings. The summed E-state index contributed by atoms with van der Waals surface area (Å²) in [5.41, 5.74) is 0. The SMILES string of the molecule is c1ccc([Se]C[Te]c2ccc3ccccc3c2)cc1. The van der Waals surface area contributed by atoms with Crippen molar-refractivity contribution in [1.82, 2.24) is 0 Å². The van der Waals surface area contributed by atoms with Gasteiger partial charge in [0.2, 0.25) is 0 Å². The van der Waals surface area contributed by atoms with Crippen molar-refractivity contribution in [3.05, 3.63) is 72.8 Å². The number of fused-ring (bicyclic) bond motifs is 1. The Morgan fingerprint density at radius 3 is 2.32 bits per heavy atom. The molecular weight excluding hydrogens is 411 g/mol. The summed E-state index contributed by atoms with van der Waals surface area (Å²) in [5.74, 6) is 0. The summed E-state index contributed by atoms with van der Waals surface area (Å²) in [6, 6.07) is 26.5. The van der Waals surface area contributed by atoms with E-state index in [2.05, 4.69) is 72.8 Å². The van der Waals surface area contributed by atoms with Gasteiger partial charge in [-0.3, -0.25) is 0 Å². The van der Waals surface area contributed by atoms with Crippen LogP contribution in [0, 0.1) is 0 Å². The molecule has 0 bridgehead atoms. The van der Waals surface area contributed by atoms with Gasteiger partial charge in [-0.1, -0.05) is 0 Å². The van der Waals surface area contributed by atoms with Crippen molar-refractivity contribution in [2.75, 3.05) is 0 Å². The van der Waals surface area contributed by atoms with Gasteiger partial charge in [0.15, 0.2) is 0 Å². The molecule has 0 N–H and O–H groups in total. The van der Waals surface area contributed by atoms with E-state index in [1.54, 1.807) is 3.61 Å². The zero-order valence-electron chi connectivity index (χ0n) is 10.5. The monoisotopic (exact) mass is 428 g/mol. The molecule has 0 amide bonds. The van der Waals surface area contributed by atoms with E-state index in [1.807, 2.05) is 0 Å². The fraction of sp³-hybridized carbons (Fsp3) is 0.0588. The first-order chi connectivity index (χ1) is 9.42. The third-order valence-corrected chi connectivity index (χ3v) is 9.85. The Kier molecular flexibility index (Phi) is 4.59. The van der Waals surface area contributed by atoms with Gasteiger partial charge in [-0.25, -0.2) is 0 Å². The molecule has 0 heterocycles. The van der Waals surface area contributed by atoms with Crippen LogP contribution in [-0.2, 0) is 0 Å². The summed E-state index contributed by atoms with van der Waals surface area (Å²) < 4.78 is 4.52. The standard InChI is InChI=1S/C17H14SeTe/c1-2-8-16(9-3-1)18-13-19-17-11-10-14-6-4-5-7-15(14)12-17/h1-12H,13H2. The molecule has 0 aliphatic carbocycles. The van der Waals surface area contributed by atoms with Gasteiger partial charge in [0.1, 0.15) is 0 Å². The first-order valence-electron chi connectivity index (χ1n) is 6.21. The molecule has 0 aromatic heterocycles. The average Bonchev–Trinajstić information content (AvgIpc) is 2.48. The zero-order chi connectivity index (χ0) is 12.9. The van der Waals surface area contributed by atoms with E-state index in [9.17, 15) is 0 Å². The quantitative estimate of drug-likeness (QED) is 0.565. The van der Waals surface area contributed by atoms with Gasteiger partial charge in [0, 0.05) is 0 Å². The van der Waals surface area contributed by atoms with Crippen LogP contribution in [0.25, 0.3) is 10.8 Å². The zero-order valence-corrected chi connectivity index (χ0v) is 14.5. The first kappa shape index (κ1) is 13.2. The molecule has 2 heteroatoms. The van der Waals surface area contributed by atoms with Crippen molar-refractivity contribution in [1.29, 1.82) is 0 Å². The van der Waals surface area contributed by atoms with E-state index in [0.29, 0.717) is 15.0 Å². The van der Waals surface area contributed by atoms with Crippen molar-refractivity contribution >= 4 is 54.7 Å². The predicted octanol–water partition coefficient (Wildman–Crippen LogP) is 2.57. The van der Waals surface area contributed by atoms with Crippen LogP contribution >= 0.6 is 0 Å². The van der Waals surface area contributed by atoms with E-state index in [-0.39, 0.29) is 20.9 Å². The maximum absolute atomic E-state index is 2.39. The van der Waals surface area contributed by atoms with Gasteiger partial charge < -0.3 is 0 Å². The van der Waals surface area contributed by atoms with Crippen LogP contribution in [0.3, 0.4) is 0 Å². The molecule has 3 aromatic carbocycles. The summed E-state index contributed by atoms with van der Waals surface area (Å²) in [7, 11) is 0. The van der Waals surface area contributed by atoms with E-state index in [1.165, 1.54) is 18.6 Å². The van der Waals surface area contributed by atoms with Crippen molar-refractivity contribution in [2.45, 2.75) is 3.37 Å². The second kappa shape index (κ2) is 6.60.